The minimum absolute atomic E-state index is 0.207. The Balaban J connectivity index is 1.70. The highest BCUT2D eigenvalue weighted by molar-refractivity contribution is 5.77. The Kier molecular flexibility index (Phi) is 6.50. The summed E-state index contributed by atoms with van der Waals surface area (Å²) in [4.78, 5) is 17.0. The third kappa shape index (κ3) is 5.34. The zero-order valence-electron chi connectivity index (χ0n) is 13.3. The van der Waals surface area contributed by atoms with Gasteiger partial charge in [0.15, 0.2) is 11.5 Å². The van der Waals surface area contributed by atoms with Gasteiger partial charge in [-0.15, -0.1) is 0 Å². The Labute approximate surface area is 135 Å². The fourth-order valence-corrected chi connectivity index (χ4v) is 2.12. The van der Waals surface area contributed by atoms with Gasteiger partial charge in [-0.05, 0) is 36.2 Å². The van der Waals surface area contributed by atoms with Crippen molar-refractivity contribution < 1.29 is 23.5 Å². The number of carbonyl (C=O) groups is 1. The summed E-state index contributed by atoms with van der Waals surface area (Å²) in [6, 6.07) is 9.12. The summed E-state index contributed by atoms with van der Waals surface area (Å²) < 4.78 is 15.6. The summed E-state index contributed by atoms with van der Waals surface area (Å²) in [6.07, 6.45) is 3.39. The molecule has 1 heterocycles. The van der Waals surface area contributed by atoms with Crippen LogP contribution in [-0.2, 0) is 22.5 Å². The molecule has 0 aliphatic heterocycles. The number of methoxy groups -OCH3 is 2. The van der Waals surface area contributed by atoms with Crippen molar-refractivity contribution in [3.05, 3.63) is 47.9 Å². The second kappa shape index (κ2) is 8.85. The van der Waals surface area contributed by atoms with Crippen LogP contribution < -0.4 is 15.0 Å². The third-order valence-corrected chi connectivity index (χ3v) is 3.25. The lowest BCUT2D eigenvalue weighted by Gasteiger charge is -2.10. The van der Waals surface area contributed by atoms with Crippen molar-refractivity contribution in [2.75, 3.05) is 20.8 Å². The lowest BCUT2D eigenvalue weighted by atomic mass is 10.1. The molecule has 6 heteroatoms. The van der Waals surface area contributed by atoms with Gasteiger partial charge in [-0.2, -0.15) is 0 Å². The molecule has 1 aromatic heterocycles. The van der Waals surface area contributed by atoms with Crippen molar-refractivity contribution in [3.63, 3.8) is 0 Å². The van der Waals surface area contributed by atoms with E-state index in [1.165, 1.54) is 0 Å². The minimum Gasteiger partial charge on any atom is -0.493 e. The van der Waals surface area contributed by atoms with Crippen LogP contribution in [0.3, 0.4) is 0 Å². The Morgan fingerprint density at radius 1 is 1.17 bits per heavy atom. The van der Waals surface area contributed by atoms with E-state index in [9.17, 15) is 4.79 Å². The second-order valence-corrected chi connectivity index (χ2v) is 4.92. The molecule has 2 aromatic rings. The molecule has 124 valence electrons. The van der Waals surface area contributed by atoms with Gasteiger partial charge in [0, 0.05) is 6.42 Å². The number of aryl methyl sites for hydroxylation is 1. The molecular weight excluding hydrogens is 298 g/mol. The number of rotatable bonds is 9. The average molecular weight is 319 g/mol. The number of nitrogens with one attached hydrogen (secondary N) is 1. The first kappa shape index (κ1) is 16.9. The van der Waals surface area contributed by atoms with Gasteiger partial charge in [0.25, 0.3) is 0 Å². The maximum Gasteiger partial charge on any atom is 0.247 e. The molecule has 1 N–H and O–H groups in total. The molecule has 0 saturated heterocycles. The van der Waals surface area contributed by atoms with Crippen LogP contribution in [0.5, 0.6) is 11.5 Å². The zero-order chi connectivity index (χ0) is 16.5. The fraction of sp³-hybridized carbons (Fsp3) is 0.353. The molecule has 1 amide bonds. The van der Waals surface area contributed by atoms with Crippen LogP contribution in [0.4, 0.5) is 0 Å². The molecule has 1 aromatic carbocycles. The van der Waals surface area contributed by atoms with E-state index in [0.717, 1.165) is 24.2 Å². The van der Waals surface area contributed by atoms with Crippen molar-refractivity contribution in [1.29, 1.82) is 0 Å². The summed E-state index contributed by atoms with van der Waals surface area (Å²) in [7, 11) is 3.13. The lowest BCUT2D eigenvalue weighted by molar-refractivity contribution is -0.132. The number of furan rings is 1. The summed E-state index contributed by atoms with van der Waals surface area (Å²) in [6.45, 7) is 0.429. The second-order valence-electron chi connectivity index (χ2n) is 4.92. The van der Waals surface area contributed by atoms with Gasteiger partial charge < -0.3 is 13.9 Å². The van der Waals surface area contributed by atoms with Crippen molar-refractivity contribution in [3.8, 4) is 11.5 Å². The van der Waals surface area contributed by atoms with E-state index in [4.69, 9.17) is 18.7 Å². The van der Waals surface area contributed by atoms with Crippen LogP contribution in [0.1, 0.15) is 17.7 Å². The standard InChI is InChI=1S/C17H21NO5/c1-20-15-8-7-13(11-16(15)21-2)12-17(19)18-23-10-4-6-14-5-3-9-22-14/h3,5,7-9,11H,4,6,10,12H2,1-2H3,(H,18,19). The van der Waals surface area contributed by atoms with Crippen molar-refractivity contribution in [2.24, 2.45) is 0 Å². The maximum absolute atomic E-state index is 11.8. The molecule has 0 atom stereocenters. The van der Waals surface area contributed by atoms with Crippen molar-refractivity contribution in [2.45, 2.75) is 19.3 Å². The Morgan fingerprint density at radius 3 is 2.70 bits per heavy atom. The predicted molar refractivity (Wildman–Crippen MR) is 84.4 cm³/mol. The SMILES string of the molecule is COc1ccc(CC(=O)NOCCCc2ccco2)cc1OC. The van der Waals surface area contributed by atoms with Crippen LogP contribution in [0.2, 0.25) is 0 Å². The first-order chi connectivity index (χ1) is 11.2. The number of amides is 1. The summed E-state index contributed by atoms with van der Waals surface area (Å²) in [5.74, 6) is 1.92. The number of ether oxygens (including phenoxy) is 2. The normalized spacial score (nSPS) is 10.3. The first-order valence-corrected chi connectivity index (χ1v) is 7.37. The molecule has 0 radical (unpaired) electrons. The summed E-state index contributed by atoms with van der Waals surface area (Å²) >= 11 is 0. The van der Waals surface area contributed by atoms with Crippen LogP contribution in [-0.4, -0.2) is 26.7 Å². The van der Waals surface area contributed by atoms with E-state index in [2.05, 4.69) is 5.48 Å². The van der Waals surface area contributed by atoms with E-state index in [1.807, 2.05) is 18.2 Å². The highest BCUT2D eigenvalue weighted by atomic mass is 16.6. The maximum atomic E-state index is 11.8. The molecule has 0 unspecified atom stereocenters. The van der Waals surface area contributed by atoms with Crippen LogP contribution in [0, 0.1) is 0 Å². The smallest absolute Gasteiger partial charge is 0.247 e. The van der Waals surface area contributed by atoms with E-state index in [-0.39, 0.29) is 12.3 Å². The monoisotopic (exact) mass is 319 g/mol. The van der Waals surface area contributed by atoms with Gasteiger partial charge >= 0.3 is 0 Å². The largest absolute Gasteiger partial charge is 0.493 e. The van der Waals surface area contributed by atoms with E-state index in [0.29, 0.717) is 18.1 Å². The highest BCUT2D eigenvalue weighted by Gasteiger charge is 2.08. The number of hydroxylamine groups is 1. The van der Waals surface area contributed by atoms with Gasteiger partial charge in [-0.3, -0.25) is 9.63 Å². The average Bonchev–Trinajstić information content (AvgIpc) is 3.07. The van der Waals surface area contributed by atoms with Gasteiger partial charge in [0.2, 0.25) is 5.91 Å². The Morgan fingerprint density at radius 2 is 2.00 bits per heavy atom. The molecular formula is C17H21NO5. The summed E-state index contributed by atoms with van der Waals surface area (Å²) in [5, 5.41) is 0. The van der Waals surface area contributed by atoms with Crippen molar-refractivity contribution in [1.82, 2.24) is 5.48 Å². The molecule has 6 nitrogen and oxygen atoms in total. The predicted octanol–water partition coefficient (Wildman–Crippen LogP) is 2.52. The van der Waals surface area contributed by atoms with Gasteiger partial charge in [0.05, 0.1) is 33.5 Å². The lowest BCUT2D eigenvalue weighted by Crippen LogP contribution is -2.26. The molecule has 23 heavy (non-hydrogen) atoms. The van der Waals surface area contributed by atoms with E-state index < -0.39 is 0 Å². The van der Waals surface area contributed by atoms with Gasteiger partial charge in [-0.25, -0.2) is 5.48 Å². The molecule has 0 fully saturated rings. The van der Waals surface area contributed by atoms with Gasteiger partial charge in [-0.1, -0.05) is 6.07 Å². The molecule has 0 aliphatic carbocycles. The fourth-order valence-electron chi connectivity index (χ4n) is 2.12. The molecule has 0 spiro atoms. The molecule has 0 saturated carbocycles. The Bertz CT molecular complexity index is 609. The number of hydrogen-bond donors (Lipinski definition) is 1. The van der Waals surface area contributed by atoms with Crippen molar-refractivity contribution >= 4 is 5.91 Å². The van der Waals surface area contributed by atoms with E-state index in [1.54, 1.807) is 32.6 Å². The number of hydrogen-bond acceptors (Lipinski definition) is 5. The zero-order valence-corrected chi connectivity index (χ0v) is 13.3. The summed E-state index contributed by atoms with van der Waals surface area (Å²) in [5.41, 5.74) is 3.25. The van der Waals surface area contributed by atoms with Gasteiger partial charge in [0.1, 0.15) is 5.76 Å². The van der Waals surface area contributed by atoms with Crippen LogP contribution in [0.15, 0.2) is 41.0 Å². The molecule has 0 aliphatic rings. The first-order valence-electron chi connectivity index (χ1n) is 7.37. The Hall–Kier alpha value is -2.47. The van der Waals surface area contributed by atoms with E-state index >= 15 is 0 Å². The third-order valence-electron chi connectivity index (χ3n) is 3.25. The number of carbonyl (C=O) groups excluding carboxylic acids is 1. The van der Waals surface area contributed by atoms with Crippen LogP contribution >= 0.6 is 0 Å². The topological polar surface area (TPSA) is 69.9 Å². The quantitative estimate of drug-likeness (QED) is 0.568. The van der Waals surface area contributed by atoms with Crippen LogP contribution in [0.25, 0.3) is 0 Å². The number of benzene rings is 1. The minimum atomic E-state index is -0.213. The molecule has 0 bridgehead atoms. The molecule has 2 rings (SSSR count). The highest BCUT2D eigenvalue weighted by Crippen LogP contribution is 2.27.